The summed E-state index contributed by atoms with van der Waals surface area (Å²) < 4.78 is 23.6. The van der Waals surface area contributed by atoms with Crippen LogP contribution in [0.25, 0.3) is 32.7 Å². The molecule has 3 heterocycles. The number of aliphatic hydroxyl groups excluding tert-OH is 1. The van der Waals surface area contributed by atoms with Crippen molar-refractivity contribution in [3.8, 4) is 23.0 Å². The van der Waals surface area contributed by atoms with E-state index in [1.165, 1.54) is 71.5 Å². The van der Waals surface area contributed by atoms with Crippen molar-refractivity contribution >= 4 is 138 Å². The molecule has 0 saturated carbocycles. The highest BCUT2D eigenvalue weighted by Gasteiger charge is 2.28. The first-order chi connectivity index (χ1) is 39.7. The summed E-state index contributed by atoms with van der Waals surface area (Å²) in [5.74, 6) is -3.44. The Kier molecular flexibility index (Phi) is 20.5. The molecule has 16 nitrogen and oxygen atoms in total. The van der Waals surface area contributed by atoms with Crippen molar-refractivity contribution < 1.29 is 58.3 Å². The van der Waals surface area contributed by atoms with E-state index in [1.807, 2.05) is 13.8 Å². The summed E-state index contributed by atoms with van der Waals surface area (Å²) >= 11 is 35.9. The number of ether oxygens (including phenoxy) is 1. The number of nitrogens with zero attached hydrogens (tertiary/aromatic N) is 3. The first kappa shape index (κ1) is 64.0. The number of hydrogen-bond donors (Lipinski definition) is 6. The third kappa shape index (κ3) is 13.6. The van der Waals surface area contributed by atoms with Crippen LogP contribution in [0.4, 0.5) is 4.39 Å². The number of aromatic nitrogens is 3. The van der Waals surface area contributed by atoms with E-state index < -0.39 is 23.4 Å². The van der Waals surface area contributed by atoms with E-state index in [1.54, 1.807) is 67.8 Å². The normalized spacial score (nSPS) is 11.4. The number of nitrogens with one attached hydrogen (secondary N) is 2. The lowest BCUT2D eigenvalue weighted by molar-refractivity contribution is -0.132. The van der Waals surface area contributed by atoms with Gasteiger partial charge in [0.1, 0.15) is 11.5 Å². The van der Waals surface area contributed by atoms with Crippen molar-refractivity contribution in [2.45, 2.75) is 73.8 Å². The summed E-state index contributed by atoms with van der Waals surface area (Å²) in [7, 11) is 0. The fraction of sp³-hybridized carbons (Fsp3) is 0.213. The molecule has 2 amide bonds. The van der Waals surface area contributed by atoms with E-state index >= 15 is 0 Å². The minimum absolute atomic E-state index is 0.00738. The van der Waals surface area contributed by atoms with Crippen LogP contribution in [0.2, 0.25) is 30.1 Å². The maximum atomic E-state index is 14.2. The summed E-state index contributed by atoms with van der Waals surface area (Å²) in [4.78, 5) is 75.7. The third-order valence-electron chi connectivity index (χ3n) is 13.7. The zero-order valence-corrected chi connectivity index (χ0v) is 50.5. The fourth-order valence-corrected chi connectivity index (χ4v) is 10.3. The molecule has 1 unspecified atom stereocenters. The molecule has 1 atom stereocenters. The summed E-state index contributed by atoms with van der Waals surface area (Å²) in [5.41, 5.74) is 5.25. The average Bonchev–Trinajstić information content (AvgIpc) is 3.08. The van der Waals surface area contributed by atoms with Gasteiger partial charge in [0.25, 0.3) is 17.7 Å². The molecule has 3 aromatic heterocycles. The lowest BCUT2D eigenvalue weighted by Gasteiger charge is -2.12. The molecule has 0 spiro atoms. The van der Waals surface area contributed by atoms with Crippen LogP contribution in [0.5, 0.6) is 23.0 Å². The number of carbonyl (C=O) groups excluding carboxylic acids is 6. The van der Waals surface area contributed by atoms with Crippen LogP contribution >= 0.6 is 69.6 Å². The number of rotatable bonds is 12. The Hall–Kier alpha value is -7.61. The number of aryl methyl sites for hydroxylation is 1. The van der Waals surface area contributed by atoms with E-state index in [9.17, 15) is 48.5 Å². The number of fused-ring (bicyclic) bond motifs is 3. The highest BCUT2D eigenvalue weighted by molar-refractivity contribution is 6.43. The van der Waals surface area contributed by atoms with Crippen molar-refractivity contribution in [3.05, 3.63) is 183 Å². The summed E-state index contributed by atoms with van der Waals surface area (Å²) in [6, 6.07) is 24.2. The van der Waals surface area contributed by atoms with Gasteiger partial charge in [-0.3, -0.25) is 42.5 Å². The molecule has 0 radical (unpaired) electrons. The van der Waals surface area contributed by atoms with Crippen LogP contribution in [0.1, 0.15) is 92.0 Å². The first-order valence-corrected chi connectivity index (χ1v) is 28.0. The Bertz CT molecular complexity index is 4140. The maximum Gasteiger partial charge on any atom is 0.308 e. The van der Waals surface area contributed by atoms with Crippen LogP contribution in [0, 0.1) is 33.5 Å². The van der Waals surface area contributed by atoms with Gasteiger partial charge in [0.2, 0.25) is 11.8 Å². The summed E-state index contributed by atoms with van der Waals surface area (Å²) in [5, 5.41) is 47.5. The van der Waals surface area contributed by atoms with Crippen LogP contribution < -0.4 is 15.4 Å². The van der Waals surface area contributed by atoms with Gasteiger partial charge in [0.05, 0.1) is 77.2 Å². The molecule has 84 heavy (non-hydrogen) atoms. The summed E-state index contributed by atoms with van der Waals surface area (Å²) in [6.07, 6.45) is 0.939. The van der Waals surface area contributed by atoms with Crippen LogP contribution in [-0.2, 0) is 27.2 Å². The van der Waals surface area contributed by atoms with Gasteiger partial charge >= 0.3 is 5.97 Å². The number of halogens is 7. The van der Waals surface area contributed by atoms with Crippen LogP contribution in [-0.4, -0.2) is 88.8 Å². The quantitative estimate of drug-likeness (QED) is 0.0630. The molecule has 9 rings (SSSR count). The number of aliphatic hydroxyl groups is 1. The topological polar surface area (TPSA) is 231 Å². The molecular weight excluding hydrogens is 1210 g/mol. The van der Waals surface area contributed by atoms with Crippen molar-refractivity contribution in [1.82, 2.24) is 24.3 Å². The van der Waals surface area contributed by atoms with Crippen molar-refractivity contribution in [2.75, 3.05) is 13.2 Å². The molecule has 6 N–H and O–H groups in total. The molecule has 0 fully saturated rings. The molecular formula is C61H54Cl6FN5O11. The van der Waals surface area contributed by atoms with Gasteiger partial charge in [-0.1, -0.05) is 76.5 Å². The standard InChI is InChI=1S/C22H22Cl2N2O3.C20H18Cl2N2O4.C19H14Cl2FNO4/c1-4-12(2)25-21(28)11-16-13(3)26(20-8-6-15(27)10-17(16)20)22(29)14-5-7-18(23)19(24)9-14;1-11-14(10-19(27)23-6-7-25)15-9-13(26)3-5-18(15)24(11)20(28)12-2-4-16(21)17(22)8-12;1-8-16-15(7-14(22)17(8)25)23(9(2)18(16)27-10(3)24)19(26)11-4-5-12(20)13(21)6-11/h5-10,12,27H,4,11H2,1-3H3,(H,25,28);2-5,8-9,25-26H,6-7,10H2,1H3,(H,23,27);4-7,25H,1-3H3. The number of phenols is 3. The number of hydrogen-bond acceptors (Lipinski definition) is 11. The van der Waals surface area contributed by atoms with E-state index in [-0.39, 0.29) is 121 Å². The maximum absolute atomic E-state index is 14.2. The molecule has 0 aliphatic rings. The number of carbonyl (C=O) groups is 6. The van der Waals surface area contributed by atoms with Crippen LogP contribution in [0.15, 0.2) is 97.1 Å². The minimum Gasteiger partial charge on any atom is -0.508 e. The number of esters is 1. The van der Waals surface area contributed by atoms with Gasteiger partial charge in [0, 0.05) is 70.0 Å². The number of phenolic OH excluding ortho intramolecular Hbond substituents is 3. The Labute approximate surface area is 510 Å². The summed E-state index contributed by atoms with van der Waals surface area (Å²) in [6.45, 7) is 11.7. The predicted molar refractivity (Wildman–Crippen MR) is 325 cm³/mol. The zero-order chi connectivity index (χ0) is 61.8. The van der Waals surface area contributed by atoms with Gasteiger partial charge in [-0.2, -0.15) is 0 Å². The molecule has 0 aliphatic heterocycles. The zero-order valence-electron chi connectivity index (χ0n) is 46.0. The lowest BCUT2D eigenvalue weighted by Crippen LogP contribution is -2.33. The van der Waals surface area contributed by atoms with E-state index in [0.717, 1.165) is 12.5 Å². The largest absolute Gasteiger partial charge is 0.508 e. The second-order valence-electron chi connectivity index (χ2n) is 19.4. The number of benzene rings is 6. The van der Waals surface area contributed by atoms with Crippen LogP contribution in [0.3, 0.4) is 0 Å². The molecule has 9 aromatic rings. The smallest absolute Gasteiger partial charge is 0.308 e. The minimum atomic E-state index is -0.893. The predicted octanol–water partition coefficient (Wildman–Crippen LogP) is 13.4. The monoisotopic (exact) mass is 1260 g/mol. The average molecular weight is 1260 g/mol. The highest BCUT2D eigenvalue weighted by Crippen LogP contribution is 2.41. The molecule has 23 heteroatoms. The van der Waals surface area contributed by atoms with Gasteiger partial charge in [-0.25, -0.2) is 4.39 Å². The van der Waals surface area contributed by atoms with Gasteiger partial charge < -0.3 is 35.8 Å². The SMILES string of the molecule is CC(=O)Oc1c(C)n(C(=O)c2ccc(Cl)c(Cl)c2)c2cc(F)c(O)c(C)c12.CCC(C)NC(=O)Cc1c(C)n(C(=O)c2ccc(Cl)c(Cl)c2)c2ccc(O)cc12.Cc1c(CC(=O)NCCO)c2cc(O)ccc2n1C(=O)c1ccc(Cl)c(Cl)c1. The Morgan fingerprint density at radius 2 is 0.988 bits per heavy atom. The number of aromatic hydroxyl groups is 3. The molecule has 0 aliphatic carbocycles. The van der Waals surface area contributed by atoms with E-state index in [0.29, 0.717) is 65.5 Å². The third-order valence-corrected chi connectivity index (χ3v) is 15.9. The first-order valence-electron chi connectivity index (χ1n) is 25.7. The van der Waals surface area contributed by atoms with Gasteiger partial charge in [-0.05, 0) is 143 Å². The van der Waals surface area contributed by atoms with Crippen molar-refractivity contribution in [2.24, 2.45) is 0 Å². The molecule has 0 bridgehead atoms. The number of amides is 2. The Morgan fingerprint density at radius 3 is 1.38 bits per heavy atom. The fourth-order valence-electron chi connectivity index (χ4n) is 9.40. The van der Waals surface area contributed by atoms with Gasteiger partial charge in [-0.15, -0.1) is 0 Å². The molecule has 438 valence electrons. The van der Waals surface area contributed by atoms with Crippen molar-refractivity contribution in [3.63, 3.8) is 0 Å². The second-order valence-corrected chi connectivity index (χ2v) is 21.8. The molecule has 0 saturated heterocycles. The van der Waals surface area contributed by atoms with Crippen molar-refractivity contribution in [1.29, 1.82) is 0 Å². The molecule has 6 aromatic carbocycles. The van der Waals surface area contributed by atoms with E-state index in [2.05, 4.69) is 10.6 Å². The Morgan fingerprint density at radius 1 is 0.571 bits per heavy atom. The van der Waals surface area contributed by atoms with E-state index in [4.69, 9.17) is 79.4 Å². The second kappa shape index (κ2) is 27.0. The lowest BCUT2D eigenvalue weighted by atomic mass is 10.1. The highest BCUT2D eigenvalue weighted by atomic mass is 35.5. The van der Waals surface area contributed by atoms with Gasteiger partial charge in [0.15, 0.2) is 17.3 Å². The Balaban J connectivity index is 0.000000181.